The molecule has 1 aromatic heterocycles. The number of benzene rings is 2. The van der Waals surface area contributed by atoms with Crippen molar-refractivity contribution in [1.29, 1.82) is 0 Å². The number of rotatable bonds is 1. The highest BCUT2D eigenvalue weighted by Crippen LogP contribution is 2.34. The number of phenolic OH excluding ortho intramolecular Hbond substituents is 1. The molecule has 0 saturated heterocycles. The maximum absolute atomic E-state index is 12.7. The van der Waals surface area contributed by atoms with Crippen LogP contribution in [0.25, 0.3) is 22.2 Å². The van der Waals surface area contributed by atoms with E-state index in [1.165, 1.54) is 18.2 Å². The first-order valence-corrected chi connectivity index (χ1v) is 5.80. The number of nitrogens with zero attached hydrogens (tertiary/aromatic N) is 1. The highest BCUT2D eigenvalue weighted by atomic mass is 19.4. The van der Waals surface area contributed by atoms with Crippen molar-refractivity contribution in [1.82, 2.24) is 10.2 Å². The number of phenols is 1. The first-order valence-electron chi connectivity index (χ1n) is 5.80. The van der Waals surface area contributed by atoms with Crippen LogP contribution in [-0.4, -0.2) is 15.3 Å². The number of hydrogen-bond donors (Lipinski definition) is 2. The Morgan fingerprint density at radius 3 is 2.35 bits per heavy atom. The zero-order chi connectivity index (χ0) is 14.3. The Hall–Kier alpha value is -2.50. The summed E-state index contributed by atoms with van der Waals surface area (Å²) in [6.45, 7) is 0. The Labute approximate surface area is 111 Å². The standard InChI is InChI=1S/C14H9F3N2O/c15-14(16,17)9-3-6-12-11(7-9)13(19-18-12)8-1-4-10(20)5-2-8/h1-7,20H,(H,18,19). The minimum Gasteiger partial charge on any atom is -0.508 e. The Morgan fingerprint density at radius 2 is 1.70 bits per heavy atom. The third-order valence-corrected chi connectivity index (χ3v) is 3.04. The van der Waals surface area contributed by atoms with Crippen molar-refractivity contribution < 1.29 is 18.3 Å². The molecule has 20 heavy (non-hydrogen) atoms. The summed E-state index contributed by atoms with van der Waals surface area (Å²) >= 11 is 0. The smallest absolute Gasteiger partial charge is 0.416 e. The molecule has 0 aliphatic rings. The van der Waals surface area contributed by atoms with E-state index in [1.807, 2.05) is 0 Å². The van der Waals surface area contributed by atoms with Gasteiger partial charge < -0.3 is 5.11 Å². The number of nitrogens with one attached hydrogen (secondary N) is 1. The number of aromatic nitrogens is 2. The largest absolute Gasteiger partial charge is 0.508 e. The molecule has 3 aromatic rings. The molecule has 0 spiro atoms. The first-order chi connectivity index (χ1) is 9.45. The van der Waals surface area contributed by atoms with Gasteiger partial charge in [0.1, 0.15) is 5.75 Å². The molecule has 0 aliphatic heterocycles. The van der Waals surface area contributed by atoms with Gasteiger partial charge in [0.2, 0.25) is 0 Å². The lowest BCUT2D eigenvalue weighted by atomic mass is 10.1. The van der Waals surface area contributed by atoms with Gasteiger partial charge in [-0.2, -0.15) is 18.3 Å². The molecule has 2 aromatic carbocycles. The average molecular weight is 278 g/mol. The van der Waals surface area contributed by atoms with Gasteiger partial charge >= 0.3 is 6.18 Å². The van der Waals surface area contributed by atoms with Crippen LogP contribution in [0.1, 0.15) is 5.56 Å². The molecule has 0 saturated carbocycles. The molecule has 0 bridgehead atoms. The van der Waals surface area contributed by atoms with Gasteiger partial charge in [0.25, 0.3) is 0 Å². The molecule has 102 valence electrons. The molecule has 6 heteroatoms. The summed E-state index contributed by atoms with van der Waals surface area (Å²) in [5.74, 6) is 0.0913. The van der Waals surface area contributed by atoms with Crippen molar-refractivity contribution >= 4 is 10.9 Å². The summed E-state index contributed by atoms with van der Waals surface area (Å²) in [5, 5.41) is 16.4. The Kier molecular flexibility index (Phi) is 2.67. The number of H-pyrrole nitrogens is 1. The summed E-state index contributed by atoms with van der Waals surface area (Å²) in [5.41, 5.74) is 0.892. The molecular weight excluding hydrogens is 269 g/mol. The number of halogens is 3. The van der Waals surface area contributed by atoms with E-state index in [4.69, 9.17) is 0 Å². The van der Waals surface area contributed by atoms with Crippen LogP contribution in [0.5, 0.6) is 5.75 Å². The SMILES string of the molecule is Oc1ccc(-c2[nH]nc3ccc(C(F)(F)F)cc23)cc1. The predicted octanol–water partition coefficient (Wildman–Crippen LogP) is 3.95. The molecule has 3 nitrogen and oxygen atoms in total. The summed E-state index contributed by atoms with van der Waals surface area (Å²) in [6.07, 6.45) is -4.39. The summed E-state index contributed by atoms with van der Waals surface area (Å²) in [6, 6.07) is 9.57. The van der Waals surface area contributed by atoms with Crippen molar-refractivity contribution in [3.05, 3.63) is 48.0 Å². The molecule has 0 amide bonds. The fourth-order valence-electron chi connectivity index (χ4n) is 2.03. The topological polar surface area (TPSA) is 48.9 Å². The maximum Gasteiger partial charge on any atom is 0.416 e. The van der Waals surface area contributed by atoms with Crippen molar-refractivity contribution in [3.63, 3.8) is 0 Å². The van der Waals surface area contributed by atoms with Gasteiger partial charge in [-0.05, 0) is 42.5 Å². The molecule has 0 radical (unpaired) electrons. The van der Waals surface area contributed by atoms with E-state index in [-0.39, 0.29) is 5.75 Å². The number of aromatic amines is 1. The zero-order valence-electron chi connectivity index (χ0n) is 10.1. The van der Waals surface area contributed by atoms with E-state index < -0.39 is 11.7 Å². The lowest BCUT2D eigenvalue weighted by Crippen LogP contribution is -2.04. The van der Waals surface area contributed by atoms with E-state index in [1.54, 1.807) is 12.1 Å². The molecule has 1 heterocycles. The van der Waals surface area contributed by atoms with E-state index in [0.29, 0.717) is 22.2 Å². The first kappa shape index (κ1) is 12.5. The summed E-state index contributed by atoms with van der Waals surface area (Å²) < 4.78 is 38.2. The normalized spacial score (nSPS) is 11.9. The van der Waals surface area contributed by atoms with Crippen LogP contribution in [0.15, 0.2) is 42.5 Å². The number of aromatic hydroxyl groups is 1. The molecule has 3 rings (SSSR count). The van der Waals surface area contributed by atoms with Crippen LogP contribution in [0.3, 0.4) is 0 Å². The quantitative estimate of drug-likeness (QED) is 0.708. The minimum atomic E-state index is -4.39. The molecule has 0 atom stereocenters. The van der Waals surface area contributed by atoms with Crippen molar-refractivity contribution in [2.45, 2.75) is 6.18 Å². The number of alkyl halides is 3. The fraction of sp³-hybridized carbons (Fsp3) is 0.0714. The monoisotopic (exact) mass is 278 g/mol. The zero-order valence-corrected chi connectivity index (χ0v) is 10.1. The lowest BCUT2D eigenvalue weighted by molar-refractivity contribution is -0.137. The second kappa shape index (κ2) is 4.26. The molecule has 0 fully saturated rings. The second-order valence-corrected chi connectivity index (χ2v) is 4.38. The van der Waals surface area contributed by atoms with E-state index in [9.17, 15) is 18.3 Å². The molecule has 0 unspecified atom stereocenters. The second-order valence-electron chi connectivity index (χ2n) is 4.38. The van der Waals surface area contributed by atoms with Crippen LogP contribution in [0.4, 0.5) is 13.2 Å². The van der Waals surface area contributed by atoms with Gasteiger partial charge in [-0.15, -0.1) is 0 Å². The van der Waals surface area contributed by atoms with Gasteiger partial charge in [-0.1, -0.05) is 0 Å². The minimum absolute atomic E-state index is 0.0913. The van der Waals surface area contributed by atoms with Gasteiger partial charge in [0.05, 0.1) is 16.8 Å². The molecule has 2 N–H and O–H groups in total. The van der Waals surface area contributed by atoms with Crippen LogP contribution >= 0.6 is 0 Å². The van der Waals surface area contributed by atoms with E-state index in [2.05, 4.69) is 10.2 Å². The van der Waals surface area contributed by atoms with Crippen LogP contribution < -0.4 is 0 Å². The van der Waals surface area contributed by atoms with Crippen LogP contribution in [0.2, 0.25) is 0 Å². The predicted molar refractivity (Wildman–Crippen MR) is 68.2 cm³/mol. The third-order valence-electron chi connectivity index (χ3n) is 3.04. The Balaban J connectivity index is 2.19. The summed E-state index contributed by atoms with van der Waals surface area (Å²) in [4.78, 5) is 0. The van der Waals surface area contributed by atoms with Gasteiger partial charge in [-0.3, -0.25) is 5.10 Å². The van der Waals surface area contributed by atoms with Crippen LogP contribution in [-0.2, 0) is 6.18 Å². The fourth-order valence-corrected chi connectivity index (χ4v) is 2.03. The summed E-state index contributed by atoms with van der Waals surface area (Å²) in [7, 11) is 0. The Morgan fingerprint density at radius 1 is 1.00 bits per heavy atom. The highest BCUT2D eigenvalue weighted by molar-refractivity contribution is 5.93. The molecular formula is C14H9F3N2O. The lowest BCUT2D eigenvalue weighted by Gasteiger charge is -2.06. The van der Waals surface area contributed by atoms with E-state index >= 15 is 0 Å². The van der Waals surface area contributed by atoms with Crippen molar-refractivity contribution in [3.8, 4) is 17.0 Å². The molecule has 0 aliphatic carbocycles. The van der Waals surface area contributed by atoms with Crippen LogP contribution in [0, 0.1) is 0 Å². The van der Waals surface area contributed by atoms with Crippen molar-refractivity contribution in [2.24, 2.45) is 0 Å². The van der Waals surface area contributed by atoms with Gasteiger partial charge in [0.15, 0.2) is 0 Å². The average Bonchev–Trinajstić information content (AvgIpc) is 2.81. The maximum atomic E-state index is 12.7. The number of fused-ring (bicyclic) bond motifs is 1. The third kappa shape index (κ3) is 2.09. The van der Waals surface area contributed by atoms with Gasteiger partial charge in [0, 0.05) is 10.9 Å². The van der Waals surface area contributed by atoms with E-state index in [0.717, 1.165) is 12.1 Å². The number of hydrogen-bond acceptors (Lipinski definition) is 2. The van der Waals surface area contributed by atoms with Crippen molar-refractivity contribution in [2.75, 3.05) is 0 Å². The van der Waals surface area contributed by atoms with Gasteiger partial charge in [-0.25, -0.2) is 0 Å². The Bertz CT molecular complexity index is 760. The highest BCUT2D eigenvalue weighted by Gasteiger charge is 2.30.